The number of benzene rings is 1. The Balaban J connectivity index is 1.38. The number of nitrogens with zero attached hydrogens (tertiary/aromatic N) is 1. The Morgan fingerprint density at radius 2 is 1.10 bits per heavy atom. The highest BCUT2D eigenvalue weighted by atomic mass is 16.6. The Morgan fingerprint density at radius 3 is 1.69 bits per heavy atom. The van der Waals surface area contributed by atoms with Crippen LogP contribution in [0.25, 0.3) is 10.9 Å². The van der Waals surface area contributed by atoms with Gasteiger partial charge in [0, 0.05) is 18.2 Å². The Labute approximate surface area is 285 Å². The van der Waals surface area contributed by atoms with E-state index in [2.05, 4.69) is 11.9 Å². The van der Waals surface area contributed by atoms with Crippen molar-refractivity contribution >= 4 is 10.9 Å². The third-order valence-corrected chi connectivity index (χ3v) is 7.06. The fraction of sp³-hybridized carbons (Fsp3) is 0.743. The molecular formula is C35H57NO12. The van der Waals surface area contributed by atoms with Crippen molar-refractivity contribution in [1.29, 1.82) is 0 Å². The van der Waals surface area contributed by atoms with E-state index in [9.17, 15) is 0 Å². The van der Waals surface area contributed by atoms with E-state index in [4.69, 9.17) is 56.8 Å². The van der Waals surface area contributed by atoms with Gasteiger partial charge in [-0.1, -0.05) is 31.5 Å². The summed E-state index contributed by atoms with van der Waals surface area (Å²) in [6.45, 7) is 11.8. The van der Waals surface area contributed by atoms with Gasteiger partial charge in [-0.2, -0.15) is 0 Å². The molecule has 1 aliphatic rings. The van der Waals surface area contributed by atoms with Gasteiger partial charge < -0.3 is 56.8 Å². The van der Waals surface area contributed by atoms with Crippen molar-refractivity contribution in [1.82, 2.24) is 4.98 Å². The zero-order chi connectivity index (χ0) is 33.6. The van der Waals surface area contributed by atoms with E-state index in [0.717, 1.165) is 29.5 Å². The van der Waals surface area contributed by atoms with Crippen LogP contribution in [0.4, 0.5) is 0 Å². The van der Waals surface area contributed by atoms with Gasteiger partial charge in [0.1, 0.15) is 23.5 Å². The van der Waals surface area contributed by atoms with Crippen LogP contribution in [0.3, 0.4) is 0 Å². The van der Waals surface area contributed by atoms with Gasteiger partial charge in [0.15, 0.2) is 0 Å². The molecule has 0 unspecified atom stereocenters. The Morgan fingerprint density at radius 1 is 0.583 bits per heavy atom. The molecule has 1 fully saturated rings. The van der Waals surface area contributed by atoms with Gasteiger partial charge in [-0.3, -0.25) is 4.98 Å². The molecule has 3 rings (SSSR count). The molecule has 13 nitrogen and oxygen atoms in total. The minimum atomic E-state index is -0.815. The molecule has 1 saturated heterocycles. The first-order chi connectivity index (χ1) is 23.8. The molecular weight excluding hydrogens is 626 g/mol. The highest BCUT2D eigenvalue weighted by Gasteiger charge is 2.33. The largest absolute Gasteiger partial charge is 0.489 e. The lowest BCUT2D eigenvalue weighted by Gasteiger charge is -2.33. The zero-order valence-corrected chi connectivity index (χ0v) is 28.8. The molecule has 2 aromatic rings. The molecule has 1 aromatic carbocycles. The molecule has 0 spiro atoms. The highest BCUT2D eigenvalue weighted by Crippen LogP contribution is 2.22. The lowest BCUT2D eigenvalue weighted by atomic mass is 10.1. The van der Waals surface area contributed by atoms with Crippen LogP contribution in [0.5, 0.6) is 5.75 Å². The second kappa shape index (κ2) is 27.8. The first kappa shape index (κ1) is 40.4. The molecule has 0 radical (unpaired) electrons. The third kappa shape index (κ3) is 18.7. The molecule has 274 valence electrons. The number of fused-ring (bicyclic) bond motifs is 1. The van der Waals surface area contributed by atoms with E-state index in [1.165, 1.54) is 0 Å². The van der Waals surface area contributed by atoms with Crippen molar-refractivity contribution in [3.05, 3.63) is 36.5 Å². The highest BCUT2D eigenvalue weighted by molar-refractivity contribution is 5.84. The standard InChI is InChI=1S/C35H57NO12/c1-2-3-10-44-29-35(30-45-23-21-40-17-15-38-13-11-37-12-14-39-16-18-41-22-24-46-31-35)48-28-26-43-20-19-42-25-27-47-33-8-4-6-32-7-5-9-36-34(32)33/h4-9H,2-3,10-31H2,1H3. The number of hydrogen-bond acceptors (Lipinski definition) is 13. The Kier molecular flexibility index (Phi) is 23.4. The summed E-state index contributed by atoms with van der Waals surface area (Å²) in [5, 5.41) is 1.04. The molecule has 48 heavy (non-hydrogen) atoms. The molecule has 0 atom stereocenters. The summed E-state index contributed by atoms with van der Waals surface area (Å²) in [4.78, 5) is 4.41. The average molecular weight is 684 g/mol. The molecule has 2 heterocycles. The molecule has 1 aliphatic heterocycles. The summed E-state index contributed by atoms with van der Waals surface area (Å²) < 4.78 is 69.7. The van der Waals surface area contributed by atoms with E-state index < -0.39 is 5.60 Å². The van der Waals surface area contributed by atoms with Crippen LogP contribution in [0.15, 0.2) is 36.5 Å². The number of rotatable bonds is 16. The SMILES string of the molecule is CCCCOCC1(OCCOCCOCCOc2cccc3cccnc23)COCCOCCOCCOCCOCCOCCOC1. The maximum absolute atomic E-state index is 6.38. The summed E-state index contributed by atoms with van der Waals surface area (Å²) in [7, 11) is 0. The third-order valence-electron chi connectivity index (χ3n) is 7.06. The number of para-hydroxylation sites is 1. The van der Waals surface area contributed by atoms with Crippen molar-refractivity contribution in [2.45, 2.75) is 25.4 Å². The first-order valence-electron chi connectivity index (χ1n) is 17.2. The predicted octanol–water partition coefficient (Wildman–Crippen LogP) is 3.35. The van der Waals surface area contributed by atoms with Crippen molar-refractivity contribution in [3.63, 3.8) is 0 Å². The van der Waals surface area contributed by atoms with Crippen molar-refractivity contribution in [2.75, 3.05) is 145 Å². The van der Waals surface area contributed by atoms with Gasteiger partial charge in [0.2, 0.25) is 0 Å². The maximum atomic E-state index is 6.38. The zero-order valence-electron chi connectivity index (χ0n) is 28.8. The number of hydrogen-bond donors (Lipinski definition) is 0. The number of ether oxygens (including phenoxy) is 12. The molecule has 0 aliphatic carbocycles. The number of unbranched alkanes of at least 4 members (excludes halogenated alkanes) is 1. The smallest absolute Gasteiger partial charge is 0.145 e. The molecule has 13 heteroatoms. The van der Waals surface area contributed by atoms with E-state index in [1.807, 2.05) is 30.3 Å². The van der Waals surface area contributed by atoms with Gasteiger partial charge in [-0.15, -0.1) is 0 Å². The summed E-state index contributed by atoms with van der Waals surface area (Å²) in [6.07, 6.45) is 3.76. The predicted molar refractivity (Wildman–Crippen MR) is 179 cm³/mol. The summed E-state index contributed by atoms with van der Waals surface area (Å²) >= 11 is 0. The summed E-state index contributed by atoms with van der Waals surface area (Å²) in [5.41, 5.74) is 0.0289. The maximum Gasteiger partial charge on any atom is 0.145 e. The number of pyridine rings is 1. The van der Waals surface area contributed by atoms with E-state index in [-0.39, 0.29) is 13.2 Å². The normalized spacial score (nSPS) is 18.5. The van der Waals surface area contributed by atoms with Gasteiger partial charge in [-0.25, -0.2) is 0 Å². The van der Waals surface area contributed by atoms with Gasteiger partial charge in [0.05, 0.1) is 132 Å². The van der Waals surface area contributed by atoms with Gasteiger partial charge in [0.25, 0.3) is 0 Å². The minimum absolute atomic E-state index is 0.278. The number of aromatic nitrogens is 1. The monoisotopic (exact) mass is 683 g/mol. The van der Waals surface area contributed by atoms with E-state index >= 15 is 0 Å². The van der Waals surface area contributed by atoms with Crippen LogP contribution in [-0.4, -0.2) is 156 Å². The van der Waals surface area contributed by atoms with Crippen molar-refractivity contribution in [2.24, 2.45) is 0 Å². The molecule has 0 bridgehead atoms. The average Bonchev–Trinajstić information content (AvgIpc) is 3.11. The molecule has 1 aromatic heterocycles. The van der Waals surface area contributed by atoms with E-state index in [0.29, 0.717) is 132 Å². The van der Waals surface area contributed by atoms with Crippen LogP contribution in [0, 0.1) is 0 Å². The van der Waals surface area contributed by atoms with Crippen LogP contribution in [0.1, 0.15) is 19.8 Å². The lowest BCUT2D eigenvalue weighted by molar-refractivity contribution is -0.177. The van der Waals surface area contributed by atoms with Crippen LogP contribution >= 0.6 is 0 Å². The summed E-state index contributed by atoms with van der Waals surface area (Å²) in [5.74, 6) is 0.747. The van der Waals surface area contributed by atoms with E-state index in [1.54, 1.807) is 6.20 Å². The second-order valence-electron chi connectivity index (χ2n) is 11.0. The molecule has 0 saturated carbocycles. The minimum Gasteiger partial charge on any atom is -0.489 e. The van der Waals surface area contributed by atoms with Gasteiger partial charge in [-0.05, 0) is 18.6 Å². The van der Waals surface area contributed by atoms with Crippen molar-refractivity contribution in [3.8, 4) is 5.75 Å². The van der Waals surface area contributed by atoms with Crippen LogP contribution in [-0.2, 0) is 52.1 Å². The topological polar surface area (TPSA) is 124 Å². The first-order valence-corrected chi connectivity index (χ1v) is 17.2. The lowest BCUT2D eigenvalue weighted by Crippen LogP contribution is -2.48. The molecule has 0 amide bonds. The fourth-order valence-corrected chi connectivity index (χ4v) is 4.53. The van der Waals surface area contributed by atoms with Crippen molar-refractivity contribution < 1.29 is 56.8 Å². The second-order valence-corrected chi connectivity index (χ2v) is 11.0. The Bertz CT molecular complexity index is 1000. The van der Waals surface area contributed by atoms with Crippen LogP contribution in [0.2, 0.25) is 0 Å². The Hall–Kier alpha value is -2.01. The quantitative estimate of drug-likeness (QED) is 0.241. The summed E-state index contributed by atoms with van der Waals surface area (Å²) in [6, 6.07) is 9.81. The molecule has 0 N–H and O–H groups in total. The van der Waals surface area contributed by atoms with Crippen LogP contribution < -0.4 is 4.74 Å². The fourth-order valence-electron chi connectivity index (χ4n) is 4.53. The van der Waals surface area contributed by atoms with Gasteiger partial charge >= 0.3 is 0 Å².